The molecule has 1 aliphatic carbocycles. The van der Waals surface area contributed by atoms with Crippen molar-refractivity contribution in [3.63, 3.8) is 0 Å². The summed E-state index contributed by atoms with van der Waals surface area (Å²) in [5.41, 5.74) is 18.7. The lowest BCUT2D eigenvalue weighted by atomic mass is 9.64. The van der Waals surface area contributed by atoms with E-state index in [0.29, 0.717) is 0 Å². The first kappa shape index (κ1) is 37.1. The fraction of sp³-hybridized carbons (Fsp3) is 0.0159. The number of hydrogen-bond donors (Lipinski definition) is 0. The number of para-hydroxylation sites is 4. The van der Waals surface area contributed by atoms with Crippen LogP contribution in [0.2, 0.25) is 0 Å². The van der Waals surface area contributed by atoms with Gasteiger partial charge in [-0.25, -0.2) is 0 Å². The third-order valence-corrected chi connectivity index (χ3v) is 13.8. The lowest BCUT2D eigenvalue weighted by molar-refractivity contribution is 0.752. The summed E-state index contributed by atoms with van der Waals surface area (Å²) in [6.07, 6.45) is 0. The zero-order valence-corrected chi connectivity index (χ0v) is 35.6. The standard InChI is InChI=1S/C63H42N2/c1-2-24-45(25-3-1)64-61-37-16-13-34-56(61)63(57-35-14-17-38-62(57)64)55-33-12-10-30-52(55)53-41-40-46(42-58(53)63)65(59-39-19-23-44-21-5-7-27-48(44)59)60-36-15-11-31-54(60)51-29-9-8-28-50(51)49-32-18-22-43-20-4-6-26-47(43)49/h1-42H. The summed E-state index contributed by atoms with van der Waals surface area (Å²) < 4.78 is 0. The predicted octanol–water partition coefficient (Wildman–Crippen LogP) is 16.9. The molecule has 304 valence electrons. The van der Waals surface area contributed by atoms with Gasteiger partial charge < -0.3 is 9.80 Å². The molecule has 2 nitrogen and oxygen atoms in total. The normalized spacial score (nSPS) is 13.0. The van der Waals surface area contributed by atoms with Crippen LogP contribution >= 0.6 is 0 Å². The minimum absolute atomic E-state index is 0.592. The second-order valence-electron chi connectivity index (χ2n) is 17.2. The molecule has 2 aliphatic rings. The second kappa shape index (κ2) is 14.8. The second-order valence-corrected chi connectivity index (χ2v) is 17.2. The fourth-order valence-corrected chi connectivity index (χ4v) is 11.2. The molecule has 0 N–H and O–H groups in total. The Morgan fingerprint density at radius 2 is 0.769 bits per heavy atom. The van der Waals surface area contributed by atoms with E-state index < -0.39 is 5.41 Å². The summed E-state index contributed by atoms with van der Waals surface area (Å²) in [4.78, 5) is 4.97. The average Bonchev–Trinajstić information content (AvgIpc) is 3.67. The molecule has 13 rings (SSSR count). The van der Waals surface area contributed by atoms with Gasteiger partial charge in [0.15, 0.2) is 0 Å². The monoisotopic (exact) mass is 826 g/mol. The van der Waals surface area contributed by atoms with Crippen molar-refractivity contribution in [2.45, 2.75) is 5.41 Å². The molecule has 11 aromatic carbocycles. The molecule has 0 radical (unpaired) electrons. The molecular formula is C63H42N2. The van der Waals surface area contributed by atoms with Gasteiger partial charge >= 0.3 is 0 Å². The number of benzene rings is 11. The van der Waals surface area contributed by atoms with E-state index in [-0.39, 0.29) is 0 Å². The summed E-state index contributed by atoms with van der Waals surface area (Å²) >= 11 is 0. The summed E-state index contributed by atoms with van der Waals surface area (Å²) in [5.74, 6) is 0. The maximum atomic E-state index is 2.52. The SMILES string of the molecule is c1ccc(N2c3ccccc3C3(c4ccccc4-c4ccc(N(c5ccccc5-c5ccccc5-c5cccc6ccccc56)c5cccc6ccccc56)cc43)c3ccccc32)cc1. The summed E-state index contributed by atoms with van der Waals surface area (Å²) in [6.45, 7) is 0. The van der Waals surface area contributed by atoms with Crippen LogP contribution in [0.4, 0.5) is 34.1 Å². The van der Waals surface area contributed by atoms with E-state index in [1.807, 2.05) is 0 Å². The predicted molar refractivity (Wildman–Crippen MR) is 273 cm³/mol. The number of fused-ring (bicyclic) bond motifs is 11. The van der Waals surface area contributed by atoms with Crippen LogP contribution in [0.3, 0.4) is 0 Å². The molecule has 1 spiro atoms. The highest BCUT2D eigenvalue weighted by molar-refractivity contribution is 6.06. The Morgan fingerprint density at radius 1 is 0.292 bits per heavy atom. The molecule has 0 saturated carbocycles. The van der Waals surface area contributed by atoms with Crippen LogP contribution in [-0.2, 0) is 5.41 Å². The maximum Gasteiger partial charge on any atom is 0.0755 e. The van der Waals surface area contributed by atoms with Crippen LogP contribution in [0.25, 0.3) is 54.9 Å². The van der Waals surface area contributed by atoms with Crippen molar-refractivity contribution in [1.29, 1.82) is 0 Å². The Bertz CT molecular complexity index is 3580. The highest BCUT2D eigenvalue weighted by Crippen LogP contribution is 2.64. The van der Waals surface area contributed by atoms with Crippen LogP contribution in [0.15, 0.2) is 255 Å². The maximum absolute atomic E-state index is 2.52. The van der Waals surface area contributed by atoms with Crippen molar-refractivity contribution < 1.29 is 0 Å². The Kier molecular flexibility index (Phi) is 8.47. The molecule has 0 amide bonds. The van der Waals surface area contributed by atoms with Gasteiger partial charge in [-0.05, 0) is 115 Å². The first-order valence-corrected chi connectivity index (χ1v) is 22.5. The molecule has 0 atom stereocenters. The van der Waals surface area contributed by atoms with Gasteiger partial charge in [-0.1, -0.05) is 206 Å². The van der Waals surface area contributed by atoms with Gasteiger partial charge in [0.2, 0.25) is 0 Å². The first-order chi connectivity index (χ1) is 32.3. The van der Waals surface area contributed by atoms with Crippen molar-refractivity contribution >= 4 is 55.7 Å². The van der Waals surface area contributed by atoms with Crippen molar-refractivity contribution in [3.8, 4) is 33.4 Å². The van der Waals surface area contributed by atoms with Crippen LogP contribution in [0.1, 0.15) is 22.3 Å². The summed E-state index contributed by atoms with van der Waals surface area (Å²) in [6, 6.07) is 94.0. The molecule has 11 aromatic rings. The van der Waals surface area contributed by atoms with Crippen molar-refractivity contribution in [3.05, 3.63) is 277 Å². The zero-order valence-electron chi connectivity index (χ0n) is 35.6. The van der Waals surface area contributed by atoms with E-state index in [1.165, 1.54) is 83.0 Å². The van der Waals surface area contributed by atoms with Gasteiger partial charge in [0, 0.05) is 22.3 Å². The Balaban J connectivity index is 1.10. The van der Waals surface area contributed by atoms with Crippen molar-refractivity contribution in [2.24, 2.45) is 0 Å². The van der Waals surface area contributed by atoms with E-state index in [0.717, 1.165) is 28.3 Å². The van der Waals surface area contributed by atoms with E-state index in [4.69, 9.17) is 0 Å². The zero-order chi connectivity index (χ0) is 42.9. The lowest BCUT2D eigenvalue weighted by Crippen LogP contribution is -2.36. The quantitative estimate of drug-likeness (QED) is 0.165. The minimum Gasteiger partial charge on any atom is -0.310 e. The van der Waals surface area contributed by atoms with Gasteiger partial charge in [0.25, 0.3) is 0 Å². The molecule has 2 heteroatoms. The van der Waals surface area contributed by atoms with Gasteiger partial charge in [-0.15, -0.1) is 0 Å². The molecule has 0 bridgehead atoms. The van der Waals surface area contributed by atoms with Crippen LogP contribution in [-0.4, -0.2) is 0 Å². The van der Waals surface area contributed by atoms with E-state index in [9.17, 15) is 0 Å². The molecule has 0 saturated heterocycles. The van der Waals surface area contributed by atoms with Gasteiger partial charge in [-0.3, -0.25) is 0 Å². The van der Waals surface area contributed by atoms with Crippen LogP contribution in [0, 0.1) is 0 Å². The average molecular weight is 827 g/mol. The molecular weight excluding hydrogens is 785 g/mol. The Labute approximate surface area is 379 Å². The van der Waals surface area contributed by atoms with E-state index >= 15 is 0 Å². The highest BCUT2D eigenvalue weighted by atomic mass is 15.2. The number of anilines is 6. The smallest absolute Gasteiger partial charge is 0.0755 e. The molecule has 1 aliphatic heterocycles. The Morgan fingerprint density at radius 3 is 1.51 bits per heavy atom. The number of rotatable bonds is 6. The molecule has 1 heterocycles. The van der Waals surface area contributed by atoms with Crippen LogP contribution < -0.4 is 9.80 Å². The summed E-state index contributed by atoms with van der Waals surface area (Å²) in [7, 11) is 0. The van der Waals surface area contributed by atoms with E-state index in [1.54, 1.807) is 0 Å². The molecule has 0 fully saturated rings. The Hall–Kier alpha value is -8.46. The van der Waals surface area contributed by atoms with Gasteiger partial charge in [-0.2, -0.15) is 0 Å². The molecule has 65 heavy (non-hydrogen) atoms. The third kappa shape index (κ3) is 5.54. The van der Waals surface area contributed by atoms with Crippen LogP contribution in [0.5, 0.6) is 0 Å². The minimum atomic E-state index is -0.592. The highest BCUT2D eigenvalue weighted by Gasteiger charge is 2.51. The first-order valence-electron chi connectivity index (χ1n) is 22.5. The lowest BCUT2D eigenvalue weighted by Gasteiger charge is -2.45. The van der Waals surface area contributed by atoms with Gasteiger partial charge in [0.1, 0.15) is 0 Å². The fourth-order valence-electron chi connectivity index (χ4n) is 11.2. The van der Waals surface area contributed by atoms with E-state index in [2.05, 4.69) is 265 Å². The van der Waals surface area contributed by atoms with Crippen molar-refractivity contribution in [2.75, 3.05) is 9.80 Å². The third-order valence-electron chi connectivity index (χ3n) is 13.8. The number of nitrogens with zero attached hydrogens (tertiary/aromatic N) is 2. The number of hydrogen-bond acceptors (Lipinski definition) is 2. The largest absolute Gasteiger partial charge is 0.310 e. The van der Waals surface area contributed by atoms with Gasteiger partial charge in [0.05, 0.1) is 28.2 Å². The topological polar surface area (TPSA) is 6.48 Å². The molecule has 0 unspecified atom stereocenters. The van der Waals surface area contributed by atoms with Crippen molar-refractivity contribution in [1.82, 2.24) is 0 Å². The molecule has 0 aromatic heterocycles. The summed E-state index contributed by atoms with van der Waals surface area (Å²) in [5, 5.41) is 4.87.